The smallest absolute Gasteiger partial charge is 0.212 e. The summed E-state index contributed by atoms with van der Waals surface area (Å²) >= 11 is 13.5. The first-order valence-electron chi connectivity index (χ1n) is 4.92. The predicted molar refractivity (Wildman–Crippen MR) is 71.1 cm³/mol. The van der Waals surface area contributed by atoms with Crippen LogP contribution < -0.4 is 0 Å². The summed E-state index contributed by atoms with van der Waals surface area (Å²) in [5, 5.41) is 6.51. The molecular formula is C11H7Cl2N3S. The molecule has 1 aromatic carbocycles. The van der Waals surface area contributed by atoms with E-state index in [-0.39, 0.29) is 0 Å². The molecule has 86 valence electrons. The fourth-order valence-electron chi connectivity index (χ4n) is 1.63. The molecule has 0 aliphatic rings. The van der Waals surface area contributed by atoms with Gasteiger partial charge >= 0.3 is 0 Å². The van der Waals surface area contributed by atoms with Crippen molar-refractivity contribution in [1.29, 1.82) is 0 Å². The molecule has 0 saturated carbocycles. The Morgan fingerprint density at radius 2 is 2.12 bits per heavy atom. The van der Waals surface area contributed by atoms with Crippen LogP contribution in [0.5, 0.6) is 0 Å². The summed E-state index contributed by atoms with van der Waals surface area (Å²) in [6, 6.07) is 5.38. The summed E-state index contributed by atoms with van der Waals surface area (Å²) in [5.41, 5.74) is 1.68. The van der Waals surface area contributed by atoms with Gasteiger partial charge in [-0.25, -0.2) is 9.50 Å². The predicted octanol–water partition coefficient (Wildman–Crippen LogP) is 4.07. The molecule has 0 N–H and O–H groups in total. The SMILES string of the molecule is Cc1nn2cc(-c3ccc(Cl)cc3Cl)nc2s1. The Kier molecular flexibility index (Phi) is 2.58. The van der Waals surface area contributed by atoms with Gasteiger partial charge in [-0.1, -0.05) is 34.5 Å². The maximum absolute atomic E-state index is 6.14. The average Bonchev–Trinajstić information content (AvgIpc) is 2.74. The average molecular weight is 284 g/mol. The topological polar surface area (TPSA) is 30.2 Å². The van der Waals surface area contributed by atoms with Crippen molar-refractivity contribution in [2.45, 2.75) is 6.92 Å². The Hall–Kier alpha value is -1.10. The van der Waals surface area contributed by atoms with Crippen LogP contribution in [0.2, 0.25) is 10.0 Å². The van der Waals surface area contributed by atoms with Crippen LogP contribution in [-0.4, -0.2) is 14.6 Å². The second-order valence-corrected chi connectivity index (χ2v) is 5.60. The van der Waals surface area contributed by atoms with Crippen molar-refractivity contribution >= 4 is 39.5 Å². The van der Waals surface area contributed by atoms with E-state index < -0.39 is 0 Å². The van der Waals surface area contributed by atoms with E-state index in [4.69, 9.17) is 23.2 Å². The van der Waals surface area contributed by atoms with Crippen molar-refractivity contribution in [2.75, 3.05) is 0 Å². The van der Waals surface area contributed by atoms with Gasteiger partial charge in [0.1, 0.15) is 5.01 Å². The minimum Gasteiger partial charge on any atom is -0.217 e. The van der Waals surface area contributed by atoms with Gasteiger partial charge in [0, 0.05) is 10.6 Å². The minimum absolute atomic E-state index is 0.597. The highest BCUT2D eigenvalue weighted by atomic mass is 35.5. The van der Waals surface area contributed by atoms with E-state index >= 15 is 0 Å². The molecule has 0 fully saturated rings. The molecule has 0 saturated heterocycles. The number of hydrogen-bond donors (Lipinski definition) is 0. The van der Waals surface area contributed by atoms with Crippen LogP contribution in [0.4, 0.5) is 0 Å². The van der Waals surface area contributed by atoms with E-state index in [0.29, 0.717) is 10.0 Å². The van der Waals surface area contributed by atoms with Gasteiger partial charge in [-0.05, 0) is 25.1 Å². The maximum Gasteiger partial charge on any atom is 0.212 e. The maximum atomic E-state index is 6.14. The number of imidazole rings is 1. The van der Waals surface area contributed by atoms with Crippen molar-refractivity contribution < 1.29 is 0 Å². The molecule has 2 aromatic heterocycles. The number of rotatable bonds is 1. The fourth-order valence-corrected chi connectivity index (χ4v) is 2.86. The van der Waals surface area contributed by atoms with Crippen LogP contribution in [0, 0.1) is 6.92 Å². The molecule has 3 rings (SSSR count). The number of aryl methyl sites for hydroxylation is 1. The zero-order valence-electron chi connectivity index (χ0n) is 8.82. The summed E-state index contributed by atoms with van der Waals surface area (Å²) in [7, 11) is 0. The second kappa shape index (κ2) is 3.98. The molecule has 0 unspecified atom stereocenters. The Morgan fingerprint density at radius 1 is 1.29 bits per heavy atom. The molecule has 0 aliphatic carbocycles. The Balaban J connectivity index is 2.16. The van der Waals surface area contributed by atoms with E-state index in [9.17, 15) is 0 Å². The molecule has 17 heavy (non-hydrogen) atoms. The van der Waals surface area contributed by atoms with Crippen LogP contribution in [0.25, 0.3) is 16.2 Å². The monoisotopic (exact) mass is 283 g/mol. The van der Waals surface area contributed by atoms with Crippen molar-refractivity contribution in [3.63, 3.8) is 0 Å². The highest BCUT2D eigenvalue weighted by Crippen LogP contribution is 2.30. The molecule has 0 bridgehead atoms. The summed E-state index contributed by atoms with van der Waals surface area (Å²) in [4.78, 5) is 5.35. The van der Waals surface area contributed by atoms with Crippen molar-refractivity contribution in [2.24, 2.45) is 0 Å². The highest BCUT2D eigenvalue weighted by molar-refractivity contribution is 7.16. The quantitative estimate of drug-likeness (QED) is 0.674. The van der Waals surface area contributed by atoms with Gasteiger partial charge in [-0.15, -0.1) is 0 Å². The van der Waals surface area contributed by atoms with Gasteiger partial charge in [0.2, 0.25) is 4.96 Å². The number of hydrogen-bond acceptors (Lipinski definition) is 3. The first-order chi connectivity index (χ1) is 8.13. The molecule has 2 heterocycles. The molecule has 0 aliphatic heterocycles. The van der Waals surface area contributed by atoms with Gasteiger partial charge in [-0.3, -0.25) is 0 Å². The van der Waals surface area contributed by atoms with E-state index in [1.165, 1.54) is 0 Å². The summed E-state index contributed by atoms with van der Waals surface area (Å²) in [6.45, 7) is 1.95. The normalized spacial score (nSPS) is 11.2. The van der Waals surface area contributed by atoms with Crippen LogP contribution in [0.1, 0.15) is 5.01 Å². The molecule has 0 spiro atoms. The number of nitrogens with zero attached hydrogens (tertiary/aromatic N) is 3. The van der Waals surface area contributed by atoms with E-state index in [1.807, 2.05) is 19.2 Å². The van der Waals surface area contributed by atoms with Crippen molar-refractivity contribution in [1.82, 2.24) is 14.6 Å². The Morgan fingerprint density at radius 3 is 2.82 bits per heavy atom. The second-order valence-electron chi connectivity index (χ2n) is 3.60. The standard InChI is InChI=1S/C11H7Cl2N3S/c1-6-15-16-5-10(14-11(16)17-6)8-3-2-7(12)4-9(8)13/h2-5H,1H3. The highest BCUT2D eigenvalue weighted by Gasteiger charge is 2.10. The van der Waals surface area contributed by atoms with Gasteiger partial charge in [0.25, 0.3) is 0 Å². The third-order valence-electron chi connectivity index (χ3n) is 2.35. The fraction of sp³-hybridized carbons (Fsp3) is 0.0909. The first kappa shape index (κ1) is 11.0. The number of fused-ring (bicyclic) bond motifs is 1. The summed E-state index contributed by atoms with van der Waals surface area (Å²) in [6.07, 6.45) is 1.87. The Labute approximate surface area is 112 Å². The van der Waals surface area contributed by atoms with Gasteiger partial charge in [-0.2, -0.15) is 5.10 Å². The van der Waals surface area contributed by atoms with Gasteiger partial charge in [0.05, 0.1) is 16.9 Å². The molecular weight excluding hydrogens is 277 g/mol. The Bertz CT molecular complexity index is 670. The molecule has 0 atom stereocenters. The molecule has 0 radical (unpaired) electrons. The zero-order chi connectivity index (χ0) is 12.0. The largest absolute Gasteiger partial charge is 0.217 e. The lowest BCUT2D eigenvalue weighted by Gasteiger charge is -2.00. The van der Waals surface area contributed by atoms with Crippen molar-refractivity contribution in [3.05, 3.63) is 39.4 Å². The van der Waals surface area contributed by atoms with E-state index in [2.05, 4.69) is 10.1 Å². The van der Waals surface area contributed by atoms with Crippen molar-refractivity contribution in [3.8, 4) is 11.3 Å². The lowest BCUT2D eigenvalue weighted by molar-refractivity contribution is 0.946. The zero-order valence-corrected chi connectivity index (χ0v) is 11.1. The van der Waals surface area contributed by atoms with E-state index in [0.717, 1.165) is 21.2 Å². The third kappa shape index (κ3) is 1.92. The lowest BCUT2D eigenvalue weighted by Crippen LogP contribution is -1.81. The van der Waals surface area contributed by atoms with Gasteiger partial charge < -0.3 is 0 Å². The molecule has 3 aromatic rings. The first-order valence-corrected chi connectivity index (χ1v) is 6.49. The third-order valence-corrected chi connectivity index (χ3v) is 3.74. The molecule has 0 amide bonds. The lowest BCUT2D eigenvalue weighted by atomic mass is 10.2. The number of aromatic nitrogens is 3. The van der Waals surface area contributed by atoms with Crippen LogP contribution in [0.15, 0.2) is 24.4 Å². The van der Waals surface area contributed by atoms with E-state index in [1.54, 1.807) is 28.0 Å². The van der Waals surface area contributed by atoms with Gasteiger partial charge in [0.15, 0.2) is 0 Å². The number of benzene rings is 1. The molecule has 3 nitrogen and oxygen atoms in total. The summed E-state index contributed by atoms with van der Waals surface area (Å²) in [5.74, 6) is 0. The van der Waals surface area contributed by atoms with Crippen LogP contribution >= 0.6 is 34.5 Å². The minimum atomic E-state index is 0.597. The summed E-state index contributed by atoms with van der Waals surface area (Å²) < 4.78 is 1.76. The number of halogens is 2. The molecule has 6 heteroatoms. The van der Waals surface area contributed by atoms with Crippen LogP contribution in [-0.2, 0) is 0 Å². The van der Waals surface area contributed by atoms with Crippen LogP contribution in [0.3, 0.4) is 0 Å².